The summed E-state index contributed by atoms with van der Waals surface area (Å²) in [5.74, 6) is -0.298. The number of carbonyl (C=O) groups is 1. The van der Waals surface area contributed by atoms with E-state index < -0.39 is 17.5 Å². The fourth-order valence-corrected chi connectivity index (χ4v) is 6.25. The molecule has 3 aliphatic heterocycles. The van der Waals surface area contributed by atoms with Gasteiger partial charge >= 0.3 is 0 Å². The number of hydrogen-bond acceptors (Lipinski definition) is 8. The number of piperidine rings is 1. The first-order valence-corrected chi connectivity index (χ1v) is 14.5. The van der Waals surface area contributed by atoms with Crippen LogP contribution in [0.4, 0.5) is 4.39 Å². The number of amides is 1. The van der Waals surface area contributed by atoms with Gasteiger partial charge in [-0.3, -0.25) is 9.69 Å². The van der Waals surface area contributed by atoms with Crippen LogP contribution < -0.4 is 15.2 Å². The van der Waals surface area contributed by atoms with E-state index >= 15 is 4.39 Å². The highest BCUT2D eigenvalue weighted by Crippen LogP contribution is 2.49. The zero-order chi connectivity index (χ0) is 29.0. The van der Waals surface area contributed by atoms with Crippen LogP contribution in [0.3, 0.4) is 0 Å². The van der Waals surface area contributed by atoms with E-state index in [1.54, 1.807) is 13.0 Å². The van der Waals surface area contributed by atoms with Gasteiger partial charge in [-0.05, 0) is 62.5 Å². The fraction of sp³-hybridized carbons (Fsp3) is 0.400. The Bertz CT molecular complexity index is 1690. The van der Waals surface area contributed by atoms with Gasteiger partial charge in [-0.15, -0.1) is 10.2 Å². The number of halogens is 2. The number of fused-ring (bicyclic) bond motifs is 2. The van der Waals surface area contributed by atoms with Gasteiger partial charge in [0.25, 0.3) is 5.79 Å². The lowest BCUT2D eigenvalue weighted by molar-refractivity contribution is -0.0712. The van der Waals surface area contributed by atoms with Crippen molar-refractivity contribution in [3.8, 4) is 11.5 Å². The van der Waals surface area contributed by atoms with Gasteiger partial charge in [-0.25, -0.2) is 9.37 Å². The van der Waals surface area contributed by atoms with Crippen LogP contribution in [-0.4, -0.2) is 56.4 Å². The molecule has 2 aromatic heterocycles. The summed E-state index contributed by atoms with van der Waals surface area (Å²) in [6.07, 6.45) is 3.00. The van der Waals surface area contributed by atoms with Crippen LogP contribution in [0.1, 0.15) is 59.4 Å². The maximum absolute atomic E-state index is 15.0. The van der Waals surface area contributed by atoms with Crippen molar-refractivity contribution < 1.29 is 23.4 Å². The first-order valence-electron chi connectivity index (χ1n) is 14.1. The van der Waals surface area contributed by atoms with E-state index in [1.807, 2.05) is 12.1 Å². The van der Waals surface area contributed by atoms with Crippen molar-refractivity contribution in [2.75, 3.05) is 19.7 Å². The van der Waals surface area contributed by atoms with Crippen molar-refractivity contribution in [3.05, 3.63) is 75.9 Å². The Balaban J connectivity index is 1.07. The molecule has 42 heavy (non-hydrogen) atoms. The summed E-state index contributed by atoms with van der Waals surface area (Å²) in [5.41, 5.74) is 8.10. The third kappa shape index (κ3) is 4.85. The Labute approximate surface area is 246 Å². The summed E-state index contributed by atoms with van der Waals surface area (Å²) in [4.78, 5) is 18.7. The van der Waals surface area contributed by atoms with E-state index in [0.717, 1.165) is 67.6 Å². The smallest absolute Gasteiger partial charge is 0.278 e. The van der Waals surface area contributed by atoms with Crippen LogP contribution in [-0.2, 0) is 23.6 Å². The van der Waals surface area contributed by atoms with E-state index in [1.165, 1.54) is 12.1 Å². The number of nitrogens with zero attached hydrogens (tertiary/aromatic N) is 5. The average Bonchev–Trinajstić information content (AvgIpc) is 3.47. The number of para-hydroxylation sites is 1. The van der Waals surface area contributed by atoms with E-state index in [2.05, 4.69) is 25.7 Å². The summed E-state index contributed by atoms with van der Waals surface area (Å²) >= 11 is 6.10. The number of primary amides is 1. The Morgan fingerprint density at radius 3 is 2.67 bits per heavy atom. The van der Waals surface area contributed by atoms with Gasteiger partial charge in [0.1, 0.15) is 17.2 Å². The number of nitrogens with two attached hydrogens (primary N) is 1. The normalized spacial score (nSPS) is 22.4. The van der Waals surface area contributed by atoms with Gasteiger partial charge in [0.05, 0.1) is 24.8 Å². The summed E-state index contributed by atoms with van der Waals surface area (Å²) in [7, 11) is 0. The Morgan fingerprint density at radius 1 is 1.14 bits per heavy atom. The second-order valence-electron chi connectivity index (χ2n) is 11.2. The van der Waals surface area contributed by atoms with Gasteiger partial charge in [-0.1, -0.05) is 23.7 Å². The van der Waals surface area contributed by atoms with Crippen molar-refractivity contribution in [1.29, 1.82) is 0 Å². The minimum absolute atomic E-state index is 0.0893. The number of aromatic nitrogens is 4. The largest absolute Gasteiger partial charge is 0.444 e. The number of likely N-dealkylation sites (tertiary alicyclic amines) is 1. The first-order chi connectivity index (χ1) is 20.3. The third-order valence-electron chi connectivity index (χ3n) is 8.47. The lowest BCUT2D eigenvalue weighted by Crippen LogP contribution is -2.35. The SMILES string of the molecule is CC1(c2ccc(C(N)=O)cc2F)Oc2cccc(C3CCN(Cc4nc5cc(Cl)nnc5n4C[C@@H]4CCO4)CC3)c2O1. The third-order valence-corrected chi connectivity index (χ3v) is 8.65. The van der Waals surface area contributed by atoms with Gasteiger partial charge in [0.15, 0.2) is 22.3 Å². The second kappa shape index (κ2) is 10.5. The molecule has 2 fully saturated rings. The second-order valence-corrected chi connectivity index (χ2v) is 11.6. The molecule has 0 radical (unpaired) electrons. The predicted octanol–water partition coefficient (Wildman–Crippen LogP) is 4.53. The molecule has 4 aromatic rings. The molecule has 1 amide bonds. The Morgan fingerprint density at radius 2 is 1.95 bits per heavy atom. The zero-order valence-corrected chi connectivity index (χ0v) is 23.8. The molecule has 2 saturated heterocycles. The van der Waals surface area contributed by atoms with Gasteiger partial charge in [0, 0.05) is 30.7 Å². The molecule has 0 aliphatic carbocycles. The minimum atomic E-state index is -1.37. The molecule has 218 valence electrons. The van der Waals surface area contributed by atoms with Crippen LogP contribution in [0.25, 0.3) is 11.2 Å². The van der Waals surface area contributed by atoms with E-state index in [4.69, 9.17) is 36.5 Å². The van der Waals surface area contributed by atoms with Gasteiger partial charge in [-0.2, -0.15) is 0 Å². The van der Waals surface area contributed by atoms with Crippen molar-refractivity contribution in [3.63, 3.8) is 0 Å². The number of rotatable bonds is 7. The first kappa shape index (κ1) is 27.1. The Kier molecular flexibility index (Phi) is 6.75. The number of hydrogen-bond donors (Lipinski definition) is 1. The standard InChI is InChI=1S/C30H30ClFN6O4/c1-30(21-6-5-18(28(33)39)13-22(21)32)41-24-4-2-3-20(27(24)42-30)17-7-10-37(11-8-17)16-26-34-23-14-25(31)35-36-29(23)38(26)15-19-9-12-40-19/h2-6,13-14,17,19H,7-12,15-16H2,1H3,(H2,33,39)/t19-,30?/m0/s1. The summed E-state index contributed by atoms with van der Waals surface area (Å²) in [6, 6.07) is 11.7. The maximum Gasteiger partial charge on any atom is 0.278 e. The average molecular weight is 593 g/mol. The number of ether oxygens (including phenoxy) is 3. The molecule has 7 rings (SSSR count). The molecular formula is C30H30ClFN6O4. The summed E-state index contributed by atoms with van der Waals surface area (Å²) in [6.45, 7) is 5.57. The quantitative estimate of drug-likeness (QED) is 0.333. The molecule has 12 heteroatoms. The van der Waals surface area contributed by atoms with Crippen molar-refractivity contribution in [2.24, 2.45) is 5.73 Å². The fourth-order valence-electron chi connectivity index (χ4n) is 6.11. The molecular weight excluding hydrogens is 563 g/mol. The highest BCUT2D eigenvalue weighted by atomic mass is 35.5. The van der Waals surface area contributed by atoms with E-state index in [-0.39, 0.29) is 23.1 Å². The van der Waals surface area contributed by atoms with Crippen LogP contribution in [0.5, 0.6) is 11.5 Å². The van der Waals surface area contributed by atoms with E-state index in [0.29, 0.717) is 29.7 Å². The maximum atomic E-state index is 15.0. The van der Waals surface area contributed by atoms with Crippen molar-refractivity contribution in [1.82, 2.24) is 24.6 Å². The lowest BCUT2D eigenvalue weighted by Gasteiger charge is -2.33. The molecule has 2 N–H and O–H groups in total. The van der Waals surface area contributed by atoms with Gasteiger partial charge in [0.2, 0.25) is 5.91 Å². The zero-order valence-electron chi connectivity index (χ0n) is 23.1. The molecule has 1 unspecified atom stereocenters. The topological polar surface area (TPSA) is 118 Å². The number of benzene rings is 2. The van der Waals surface area contributed by atoms with Gasteiger partial charge < -0.3 is 24.5 Å². The van der Waals surface area contributed by atoms with Crippen LogP contribution in [0.2, 0.25) is 5.15 Å². The molecule has 5 heterocycles. The van der Waals surface area contributed by atoms with Crippen LogP contribution >= 0.6 is 11.6 Å². The monoisotopic (exact) mass is 592 g/mol. The molecule has 0 bridgehead atoms. The van der Waals surface area contributed by atoms with E-state index in [9.17, 15) is 4.79 Å². The summed E-state index contributed by atoms with van der Waals surface area (Å²) in [5, 5.41) is 8.67. The molecule has 10 nitrogen and oxygen atoms in total. The number of carbonyl (C=O) groups excluding carboxylic acids is 1. The minimum Gasteiger partial charge on any atom is -0.444 e. The molecule has 0 saturated carbocycles. The van der Waals surface area contributed by atoms with Crippen LogP contribution in [0, 0.1) is 5.82 Å². The number of imidazole rings is 1. The molecule has 0 spiro atoms. The highest BCUT2D eigenvalue weighted by Gasteiger charge is 2.43. The highest BCUT2D eigenvalue weighted by molar-refractivity contribution is 6.29. The van der Waals surface area contributed by atoms with Crippen molar-refractivity contribution in [2.45, 2.75) is 57.1 Å². The molecule has 3 aliphatic rings. The molecule has 2 atom stereocenters. The summed E-state index contributed by atoms with van der Waals surface area (Å²) < 4.78 is 35.3. The predicted molar refractivity (Wildman–Crippen MR) is 152 cm³/mol. The van der Waals surface area contributed by atoms with Crippen molar-refractivity contribution >= 4 is 28.7 Å². The Hall–Kier alpha value is -3.80. The lowest BCUT2D eigenvalue weighted by atomic mass is 9.88. The van der Waals surface area contributed by atoms with Crippen LogP contribution in [0.15, 0.2) is 42.5 Å². The molecule has 2 aromatic carbocycles.